The fraction of sp³-hybridized carbons (Fsp3) is 0.400. The highest BCUT2D eigenvalue weighted by atomic mass is 19.4. The van der Waals surface area contributed by atoms with Gasteiger partial charge in [0.2, 0.25) is 0 Å². The van der Waals surface area contributed by atoms with Crippen molar-refractivity contribution in [3.63, 3.8) is 0 Å². The third-order valence-corrected chi connectivity index (χ3v) is 6.10. The minimum absolute atomic E-state index is 0.228. The zero-order valence-corrected chi connectivity index (χ0v) is 19.7. The standard InChI is InChI=1S/C25H30F3N5O/c1-18-22(19-7-9-21(10-8-19)34-25(26,27)28)5-4-6-23(18)29-15-20-16-30-33-14-13-32(17-24(20)33)12-11-31(2)3/h4-10,16,29H,11-15,17H2,1-3H3. The quantitative estimate of drug-likeness (QED) is 0.512. The Morgan fingerprint density at radius 1 is 1.09 bits per heavy atom. The number of likely N-dealkylation sites (N-methyl/N-ethyl adjacent to an activating group) is 1. The summed E-state index contributed by atoms with van der Waals surface area (Å²) in [6.45, 7) is 7.49. The normalized spacial score (nSPS) is 14.3. The molecule has 0 saturated heterocycles. The second-order valence-electron chi connectivity index (χ2n) is 8.82. The largest absolute Gasteiger partial charge is 0.573 e. The van der Waals surface area contributed by atoms with Gasteiger partial charge in [-0.1, -0.05) is 24.3 Å². The molecule has 1 aliphatic rings. The first-order chi connectivity index (χ1) is 16.2. The van der Waals surface area contributed by atoms with Crippen molar-refractivity contribution in [2.75, 3.05) is 39.0 Å². The van der Waals surface area contributed by atoms with Crippen LogP contribution in [0.1, 0.15) is 16.8 Å². The topological polar surface area (TPSA) is 45.6 Å². The van der Waals surface area contributed by atoms with E-state index in [0.29, 0.717) is 6.54 Å². The van der Waals surface area contributed by atoms with Crippen molar-refractivity contribution in [3.05, 3.63) is 65.5 Å². The number of fused-ring (bicyclic) bond motifs is 1. The molecule has 0 amide bonds. The van der Waals surface area contributed by atoms with Gasteiger partial charge < -0.3 is 15.0 Å². The highest BCUT2D eigenvalue weighted by Gasteiger charge is 2.31. The summed E-state index contributed by atoms with van der Waals surface area (Å²) in [4.78, 5) is 4.65. The zero-order valence-electron chi connectivity index (χ0n) is 19.7. The molecule has 0 bridgehead atoms. The smallest absolute Gasteiger partial charge is 0.406 e. The van der Waals surface area contributed by atoms with Crippen LogP contribution in [0.2, 0.25) is 0 Å². The van der Waals surface area contributed by atoms with E-state index in [4.69, 9.17) is 0 Å². The van der Waals surface area contributed by atoms with Gasteiger partial charge in [-0.15, -0.1) is 13.2 Å². The molecule has 9 heteroatoms. The fourth-order valence-electron chi connectivity index (χ4n) is 4.20. The summed E-state index contributed by atoms with van der Waals surface area (Å²) in [5.74, 6) is -0.228. The molecule has 3 aromatic rings. The van der Waals surface area contributed by atoms with E-state index in [1.165, 1.54) is 23.4 Å². The summed E-state index contributed by atoms with van der Waals surface area (Å²) >= 11 is 0. The first-order valence-electron chi connectivity index (χ1n) is 11.3. The molecule has 0 aliphatic carbocycles. The van der Waals surface area contributed by atoms with Crippen LogP contribution in [0, 0.1) is 6.92 Å². The fourth-order valence-corrected chi connectivity index (χ4v) is 4.20. The average Bonchev–Trinajstić information content (AvgIpc) is 3.19. The van der Waals surface area contributed by atoms with E-state index in [1.54, 1.807) is 12.1 Å². The zero-order chi connectivity index (χ0) is 24.3. The van der Waals surface area contributed by atoms with Crippen LogP contribution >= 0.6 is 0 Å². The van der Waals surface area contributed by atoms with Crippen LogP contribution in [0.15, 0.2) is 48.7 Å². The number of rotatable bonds is 8. The number of aromatic nitrogens is 2. The number of benzene rings is 2. The van der Waals surface area contributed by atoms with Crippen molar-refractivity contribution in [1.29, 1.82) is 0 Å². The SMILES string of the molecule is Cc1c(NCc2cnn3c2CN(CCN(C)C)CC3)cccc1-c1ccc(OC(F)(F)F)cc1. The van der Waals surface area contributed by atoms with Crippen LogP contribution in [0.3, 0.4) is 0 Å². The Morgan fingerprint density at radius 3 is 2.56 bits per heavy atom. The van der Waals surface area contributed by atoms with Gasteiger partial charge in [-0.25, -0.2) is 0 Å². The molecule has 0 saturated carbocycles. The molecule has 1 aliphatic heterocycles. The van der Waals surface area contributed by atoms with Crippen LogP contribution in [0.25, 0.3) is 11.1 Å². The van der Waals surface area contributed by atoms with Crippen molar-refractivity contribution in [2.24, 2.45) is 0 Å². The van der Waals surface area contributed by atoms with Gasteiger partial charge in [-0.3, -0.25) is 9.58 Å². The second kappa shape index (κ2) is 10.1. The van der Waals surface area contributed by atoms with Crippen LogP contribution in [0.4, 0.5) is 18.9 Å². The Hall–Kier alpha value is -3.04. The Balaban J connectivity index is 1.45. The van der Waals surface area contributed by atoms with Gasteiger partial charge in [0.15, 0.2) is 0 Å². The predicted molar refractivity (Wildman–Crippen MR) is 127 cm³/mol. The monoisotopic (exact) mass is 473 g/mol. The van der Waals surface area contributed by atoms with Gasteiger partial charge in [-0.2, -0.15) is 5.10 Å². The molecule has 0 atom stereocenters. The van der Waals surface area contributed by atoms with E-state index < -0.39 is 6.36 Å². The molecule has 1 aromatic heterocycles. The number of nitrogens with zero attached hydrogens (tertiary/aromatic N) is 4. The lowest BCUT2D eigenvalue weighted by Gasteiger charge is -2.29. The summed E-state index contributed by atoms with van der Waals surface area (Å²) < 4.78 is 43.4. The third-order valence-electron chi connectivity index (χ3n) is 6.10. The lowest BCUT2D eigenvalue weighted by atomic mass is 9.99. The van der Waals surface area contributed by atoms with E-state index in [-0.39, 0.29) is 5.75 Å². The molecular weight excluding hydrogens is 443 g/mol. The molecule has 0 spiro atoms. The van der Waals surface area contributed by atoms with Crippen molar-refractivity contribution in [1.82, 2.24) is 19.6 Å². The number of hydrogen-bond acceptors (Lipinski definition) is 5. The minimum Gasteiger partial charge on any atom is -0.406 e. The van der Waals surface area contributed by atoms with Crippen LogP contribution in [-0.2, 0) is 19.6 Å². The molecule has 34 heavy (non-hydrogen) atoms. The summed E-state index contributed by atoms with van der Waals surface area (Å²) in [6.07, 6.45) is -2.76. The van der Waals surface area contributed by atoms with Crippen LogP contribution in [-0.4, -0.2) is 59.7 Å². The summed E-state index contributed by atoms with van der Waals surface area (Å²) in [6, 6.07) is 11.9. The van der Waals surface area contributed by atoms with Gasteiger partial charge in [0.1, 0.15) is 5.75 Å². The van der Waals surface area contributed by atoms with Gasteiger partial charge in [0.25, 0.3) is 0 Å². The third kappa shape index (κ3) is 5.90. The number of nitrogens with one attached hydrogen (secondary N) is 1. The Bertz CT molecular complexity index is 1110. The Morgan fingerprint density at radius 2 is 1.85 bits per heavy atom. The molecule has 6 nitrogen and oxygen atoms in total. The van der Waals surface area contributed by atoms with Gasteiger partial charge in [0, 0.05) is 44.0 Å². The molecular formula is C25H30F3N5O. The molecule has 182 valence electrons. The maximum Gasteiger partial charge on any atom is 0.573 e. The predicted octanol–water partition coefficient (Wildman–Crippen LogP) is 4.75. The van der Waals surface area contributed by atoms with Crippen molar-refractivity contribution < 1.29 is 17.9 Å². The number of hydrogen-bond donors (Lipinski definition) is 1. The first kappa shape index (κ1) is 24.1. The van der Waals surface area contributed by atoms with Crippen LogP contribution in [0.5, 0.6) is 5.75 Å². The van der Waals surface area contributed by atoms with Crippen molar-refractivity contribution in [3.8, 4) is 16.9 Å². The number of halogens is 3. The summed E-state index contributed by atoms with van der Waals surface area (Å²) in [7, 11) is 4.18. The van der Waals surface area contributed by atoms with Gasteiger partial charge >= 0.3 is 6.36 Å². The highest BCUT2D eigenvalue weighted by Crippen LogP contribution is 2.31. The average molecular weight is 474 g/mol. The minimum atomic E-state index is -4.70. The van der Waals surface area contributed by atoms with E-state index >= 15 is 0 Å². The van der Waals surface area contributed by atoms with E-state index in [1.807, 2.05) is 31.3 Å². The maximum atomic E-state index is 12.4. The molecule has 1 N–H and O–H groups in total. The van der Waals surface area contributed by atoms with Gasteiger partial charge in [-0.05, 0) is 55.9 Å². The molecule has 0 fully saturated rings. The van der Waals surface area contributed by atoms with Crippen LogP contribution < -0.4 is 10.1 Å². The lowest BCUT2D eigenvalue weighted by Crippen LogP contribution is -2.38. The highest BCUT2D eigenvalue weighted by molar-refractivity contribution is 5.74. The molecule has 2 aromatic carbocycles. The second-order valence-corrected chi connectivity index (χ2v) is 8.82. The summed E-state index contributed by atoms with van der Waals surface area (Å²) in [5.41, 5.74) is 6.21. The van der Waals surface area contributed by atoms with Gasteiger partial charge in [0.05, 0.1) is 18.4 Å². The number of alkyl halides is 3. The maximum absolute atomic E-state index is 12.4. The van der Waals surface area contributed by atoms with E-state index in [9.17, 15) is 13.2 Å². The van der Waals surface area contributed by atoms with E-state index in [2.05, 4.69) is 43.7 Å². The first-order valence-corrected chi connectivity index (χ1v) is 11.3. The molecule has 2 heterocycles. The summed E-state index contributed by atoms with van der Waals surface area (Å²) in [5, 5.41) is 8.10. The Labute approximate surface area is 197 Å². The lowest BCUT2D eigenvalue weighted by molar-refractivity contribution is -0.274. The van der Waals surface area contributed by atoms with E-state index in [0.717, 1.165) is 55.1 Å². The molecule has 0 radical (unpaired) electrons. The number of ether oxygens (including phenoxy) is 1. The Kier molecular flexibility index (Phi) is 7.13. The van der Waals surface area contributed by atoms with Crippen molar-refractivity contribution >= 4 is 5.69 Å². The molecule has 0 unspecified atom stereocenters. The molecule has 4 rings (SSSR count). The number of anilines is 1. The van der Waals surface area contributed by atoms with Crippen molar-refractivity contribution in [2.45, 2.75) is 32.9 Å².